The Morgan fingerprint density at radius 3 is 2.58 bits per heavy atom. The van der Waals surface area contributed by atoms with Gasteiger partial charge in [-0.3, -0.25) is 9.48 Å². The average molecular weight is 260 g/mol. The van der Waals surface area contributed by atoms with E-state index in [9.17, 15) is 4.79 Å². The number of nitrogens with zero attached hydrogens (tertiary/aromatic N) is 2. The summed E-state index contributed by atoms with van der Waals surface area (Å²) < 4.78 is 1.47. The lowest BCUT2D eigenvalue weighted by atomic mass is 10.1. The van der Waals surface area contributed by atoms with E-state index in [2.05, 4.69) is 10.4 Å². The zero-order valence-electron chi connectivity index (χ0n) is 10.8. The van der Waals surface area contributed by atoms with Gasteiger partial charge in [0.1, 0.15) is 17.1 Å². The molecule has 0 fully saturated rings. The molecule has 0 saturated heterocycles. The molecule has 0 bridgehead atoms. The summed E-state index contributed by atoms with van der Waals surface area (Å²) in [5, 5.41) is 15.9. The Morgan fingerprint density at radius 1 is 1.42 bits per heavy atom. The molecule has 6 heteroatoms. The van der Waals surface area contributed by atoms with Gasteiger partial charge in [0.2, 0.25) is 0 Å². The third-order valence-corrected chi connectivity index (χ3v) is 2.96. The molecule has 6 nitrogen and oxygen atoms in total. The van der Waals surface area contributed by atoms with E-state index in [0.29, 0.717) is 17.1 Å². The van der Waals surface area contributed by atoms with E-state index in [0.717, 1.165) is 11.1 Å². The minimum Gasteiger partial charge on any atom is -0.392 e. The lowest BCUT2D eigenvalue weighted by Crippen LogP contribution is -2.19. The van der Waals surface area contributed by atoms with E-state index in [1.165, 1.54) is 4.68 Å². The van der Waals surface area contributed by atoms with E-state index in [-0.39, 0.29) is 12.5 Å². The van der Waals surface area contributed by atoms with Crippen LogP contribution in [0.25, 0.3) is 11.3 Å². The molecule has 1 aromatic carbocycles. The van der Waals surface area contributed by atoms with Crippen LogP contribution in [0.2, 0.25) is 0 Å². The Morgan fingerprint density at radius 2 is 2.05 bits per heavy atom. The number of hydrogen-bond acceptors (Lipinski definition) is 4. The molecule has 1 aromatic heterocycles. The van der Waals surface area contributed by atoms with Crippen molar-refractivity contribution in [1.29, 1.82) is 0 Å². The number of nitrogen functional groups attached to an aromatic ring is 1. The summed E-state index contributed by atoms with van der Waals surface area (Å²) in [5.41, 5.74) is 8.35. The fourth-order valence-electron chi connectivity index (χ4n) is 1.86. The Labute approximate surface area is 110 Å². The number of anilines is 1. The highest BCUT2D eigenvalue weighted by Crippen LogP contribution is 2.26. The Balaban J connectivity index is 2.54. The van der Waals surface area contributed by atoms with Gasteiger partial charge in [-0.25, -0.2) is 0 Å². The zero-order valence-corrected chi connectivity index (χ0v) is 10.8. The molecule has 0 unspecified atom stereocenters. The maximum absolute atomic E-state index is 11.9. The van der Waals surface area contributed by atoms with Crippen molar-refractivity contribution in [3.05, 3.63) is 35.4 Å². The first-order chi connectivity index (χ1) is 9.08. The first-order valence-corrected chi connectivity index (χ1v) is 5.83. The van der Waals surface area contributed by atoms with Crippen LogP contribution in [0.15, 0.2) is 24.3 Å². The lowest BCUT2D eigenvalue weighted by molar-refractivity contribution is 0.0964. The van der Waals surface area contributed by atoms with Gasteiger partial charge in [0.05, 0.1) is 6.61 Å². The molecule has 2 rings (SSSR count). The van der Waals surface area contributed by atoms with Crippen LogP contribution in [0.4, 0.5) is 5.82 Å². The molecule has 2 aromatic rings. The van der Waals surface area contributed by atoms with Crippen molar-refractivity contribution in [2.24, 2.45) is 7.05 Å². The molecule has 0 saturated carbocycles. The number of nitrogens with two attached hydrogens (primary N) is 1. The fraction of sp³-hybridized carbons (Fsp3) is 0.231. The van der Waals surface area contributed by atoms with Gasteiger partial charge in [-0.15, -0.1) is 0 Å². The maximum atomic E-state index is 11.9. The number of hydrogen-bond donors (Lipinski definition) is 3. The normalized spacial score (nSPS) is 10.5. The summed E-state index contributed by atoms with van der Waals surface area (Å²) in [6, 6.07) is 7.18. The van der Waals surface area contributed by atoms with Gasteiger partial charge in [0.25, 0.3) is 5.91 Å². The second-order valence-corrected chi connectivity index (χ2v) is 4.17. The van der Waals surface area contributed by atoms with Crippen LogP contribution in [0.5, 0.6) is 0 Å². The number of amides is 1. The molecule has 1 heterocycles. The molecule has 0 atom stereocenters. The summed E-state index contributed by atoms with van der Waals surface area (Å²) in [6.07, 6.45) is 0. The minimum absolute atomic E-state index is 0.0209. The van der Waals surface area contributed by atoms with E-state index in [4.69, 9.17) is 10.8 Å². The number of aromatic nitrogens is 2. The van der Waals surface area contributed by atoms with E-state index < -0.39 is 0 Å². The van der Waals surface area contributed by atoms with Gasteiger partial charge in [-0.05, 0) is 5.56 Å². The topological polar surface area (TPSA) is 93.2 Å². The van der Waals surface area contributed by atoms with Crippen molar-refractivity contribution < 1.29 is 9.90 Å². The van der Waals surface area contributed by atoms with Gasteiger partial charge in [-0.2, -0.15) is 5.10 Å². The van der Waals surface area contributed by atoms with Crippen molar-refractivity contribution in [3.8, 4) is 11.3 Å². The molecule has 0 radical (unpaired) electrons. The van der Waals surface area contributed by atoms with E-state index >= 15 is 0 Å². The predicted molar refractivity (Wildman–Crippen MR) is 72.4 cm³/mol. The number of aliphatic hydroxyl groups is 1. The van der Waals surface area contributed by atoms with E-state index in [1.54, 1.807) is 38.4 Å². The molecular formula is C13H16N4O2. The van der Waals surface area contributed by atoms with Crippen LogP contribution in [0.3, 0.4) is 0 Å². The first-order valence-electron chi connectivity index (χ1n) is 5.83. The predicted octanol–water partition coefficient (Wildman–Crippen LogP) is 0.521. The molecule has 0 spiro atoms. The molecular weight excluding hydrogens is 244 g/mol. The van der Waals surface area contributed by atoms with Crippen molar-refractivity contribution in [3.63, 3.8) is 0 Å². The molecule has 1 amide bonds. The van der Waals surface area contributed by atoms with E-state index in [1.807, 2.05) is 0 Å². The summed E-state index contributed by atoms with van der Waals surface area (Å²) in [6.45, 7) is -0.0209. The summed E-state index contributed by atoms with van der Waals surface area (Å²) in [5.74, 6) is 0.0485. The van der Waals surface area contributed by atoms with Crippen LogP contribution in [0, 0.1) is 0 Å². The van der Waals surface area contributed by atoms with Gasteiger partial charge < -0.3 is 16.2 Å². The molecule has 0 aliphatic rings. The van der Waals surface area contributed by atoms with Crippen LogP contribution in [-0.4, -0.2) is 27.8 Å². The van der Waals surface area contributed by atoms with Crippen LogP contribution >= 0.6 is 0 Å². The van der Waals surface area contributed by atoms with Crippen LogP contribution < -0.4 is 11.1 Å². The van der Waals surface area contributed by atoms with Crippen molar-refractivity contribution in [2.45, 2.75) is 6.61 Å². The third kappa shape index (κ3) is 2.30. The molecule has 0 aliphatic heterocycles. The SMILES string of the molecule is CNC(=O)c1c(-c2ccc(CO)cc2)nn(C)c1N. The number of aliphatic hydroxyl groups excluding tert-OH is 1. The second kappa shape index (κ2) is 5.11. The summed E-state index contributed by atoms with van der Waals surface area (Å²) in [4.78, 5) is 11.9. The molecule has 19 heavy (non-hydrogen) atoms. The van der Waals surface area contributed by atoms with Crippen molar-refractivity contribution in [1.82, 2.24) is 15.1 Å². The smallest absolute Gasteiger partial charge is 0.257 e. The maximum Gasteiger partial charge on any atom is 0.257 e. The fourth-order valence-corrected chi connectivity index (χ4v) is 1.86. The standard InChI is InChI=1S/C13H16N4O2/c1-15-13(19)10-11(16-17(2)12(10)14)9-5-3-8(7-18)4-6-9/h3-6,18H,7,14H2,1-2H3,(H,15,19). The second-order valence-electron chi connectivity index (χ2n) is 4.17. The van der Waals surface area contributed by atoms with Crippen LogP contribution in [0.1, 0.15) is 15.9 Å². The highest BCUT2D eigenvalue weighted by molar-refractivity contribution is 6.04. The summed E-state index contributed by atoms with van der Waals surface area (Å²) >= 11 is 0. The third-order valence-electron chi connectivity index (χ3n) is 2.96. The number of aryl methyl sites for hydroxylation is 1. The molecule has 4 N–H and O–H groups in total. The summed E-state index contributed by atoms with van der Waals surface area (Å²) in [7, 11) is 3.24. The van der Waals surface area contributed by atoms with Gasteiger partial charge in [0, 0.05) is 19.7 Å². The highest BCUT2D eigenvalue weighted by Gasteiger charge is 2.21. The Bertz CT molecular complexity index is 602. The van der Waals surface area contributed by atoms with Gasteiger partial charge in [-0.1, -0.05) is 24.3 Å². The lowest BCUT2D eigenvalue weighted by Gasteiger charge is -2.03. The van der Waals surface area contributed by atoms with Crippen LogP contribution in [-0.2, 0) is 13.7 Å². The number of benzene rings is 1. The van der Waals surface area contributed by atoms with Gasteiger partial charge >= 0.3 is 0 Å². The minimum atomic E-state index is -0.271. The first kappa shape index (κ1) is 13.1. The van der Waals surface area contributed by atoms with Gasteiger partial charge in [0.15, 0.2) is 0 Å². The van der Waals surface area contributed by atoms with Crippen molar-refractivity contribution in [2.75, 3.05) is 12.8 Å². The highest BCUT2D eigenvalue weighted by atomic mass is 16.3. The number of carbonyl (C=O) groups is 1. The molecule has 100 valence electrons. The quantitative estimate of drug-likeness (QED) is 0.750. The van der Waals surface area contributed by atoms with Crippen molar-refractivity contribution >= 4 is 11.7 Å². The molecule has 0 aliphatic carbocycles. The number of nitrogens with one attached hydrogen (secondary N) is 1. The number of carbonyl (C=O) groups excluding carboxylic acids is 1. The zero-order chi connectivity index (χ0) is 14.0. The Hall–Kier alpha value is -2.34. The monoisotopic (exact) mass is 260 g/mol. The average Bonchev–Trinajstić information content (AvgIpc) is 2.74. The Kier molecular flexibility index (Phi) is 3.52. The number of rotatable bonds is 3. The largest absolute Gasteiger partial charge is 0.392 e.